The number of nitrogens with one attached hydrogen (secondary N) is 2. The Kier molecular flexibility index (Phi) is 6.62. The molecule has 0 aliphatic carbocycles. The maximum absolute atomic E-state index is 12.3. The minimum Gasteiger partial charge on any atom is -0.497 e. The molecule has 0 fully saturated rings. The highest BCUT2D eigenvalue weighted by Crippen LogP contribution is 2.29. The van der Waals surface area contributed by atoms with Gasteiger partial charge < -0.3 is 20.1 Å². The fraction of sp³-hybridized carbons (Fsp3) is 0.188. The Bertz CT molecular complexity index is 697. The van der Waals surface area contributed by atoms with Crippen LogP contribution in [-0.2, 0) is 0 Å². The summed E-state index contributed by atoms with van der Waals surface area (Å²) in [5.41, 5.74) is 1.34. The first kappa shape index (κ1) is 18.3. The van der Waals surface area contributed by atoms with Gasteiger partial charge >= 0.3 is 0 Å². The van der Waals surface area contributed by atoms with Gasteiger partial charge in [0.05, 0.1) is 19.9 Å². The van der Waals surface area contributed by atoms with E-state index in [1.807, 2.05) is 0 Å². The largest absolute Gasteiger partial charge is 0.497 e. The van der Waals surface area contributed by atoms with Crippen LogP contribution in [0.25, 0.3) is 0 Å². The van der Waals surface area contributed by atoms with Crippen LogP contribution in [0.15, 0.2) is 47.4 Å². The third-order valence-electron chi connectivity index (χ3n) is 2.99. The molecule has 0 spiro atoms. The molecule has 4 nitrogen and oxygen atoms in total. The maximum Gasteiger partial charge on any atom is 0.288 e. The van der Waals surface area contributed by atoms with Crippen LogP contribution in [0.5, 0.6) is 11.5 Å². The van der Waals surface area contributed by atoms with Gasteiger partial charge in [-0.3, -0.25) is 0 Å². The minimum atomic E-state index is -2.44. The van der Waals surface area contributed by atoms with E-state index in [-0.39, 0.29) is 0 Å². The molecular formula is C16H16F2N2O2S2. The molecule has 24 heavy (non-hydrogen) atoms. The molecule has 0 saturated carbocycles. The Morgan fingerprint density at radius 3 is 2.33 bits per heavy atom. The third kappa shape index (κ3) is 5.24. The molecule has 2 aromatic rings. The van der Waals surface area contributed by atoms with Crippen LogP contribution in [0.1, 0.15) is 0 Å². The molecule has 0 amide bonds. The molecular weight excluding hydrogens is 354 g/mol. The molecule has 0 aromatic heterocycles. The lowest BCUT2D eigenvalue weighted by Crippen LogP contribution is -2.19. The number of halogens is 2. The number of hydrogen-bond acceptors (Lipinski definition) is 4. The van der Waals surface area contributed by atoms with Crippen molar-refractivity contribution >= 4 is 40.5 Å². The van der Waals surface area contributed by atoms with Crippen molar-refractivity contribution in [2.75, 3.05) is 24.9 Å². The van der Waals surface area contributed by atoms with Gasteiger partial charge in [-0.2, -0.15) is 8.78 Å². The van der Waals surface area contributed by atoms with E-state index in [4.69, 9.17) is 21.7 Å². The molecule has 128 valence electrons. The number of thiocarbonyl (C=S) groups is 1. The number of benzene rings is 2. The van der Waals surface area contributed by atoms with Gasteiger partial charge in [0.15, 0.2) is 5.11 Å². The normalized spacial score (nSPS) is 10.4. The molecule has 0 aliphatic rings. The Hall–Kier alpha value is -2.06. The van der Waals surface area contributed by atoms with Gasteiger partial charge in [0, 0.05) is 16.6 Å². The molecule has 0 aliphatic heterocycles. The van der Waals surface area contributed by atoms with Gasteiger partial charge in [-0.25, -0.2) is 0 Å². The average Bonchev–Trinajstić information content (AvgIpc) is 2.56. The Morgan fingerprint density at radius 2 is 1.75 bits per heavy atom. The van der Waals surface area contributed by atoms with Crippen molar-refractivity contribution in [1.29, 1.82) is 0 Å². The second-order valence-electron chi connectivity index (χ2n) is 4.55. The number of anilines is 2. The molecule has 2 rings (SSSR count). The van der Waals surface area contributed by atoms with Crippen molar-refractivity contribution in [2.45, 2.75) is 10.7 Å². The van der Waals surface area contributed by atoms with Gasteiger partial charge in [0.25, 0.3) is 5.76 Å². The molecule has 0 unspecified atom stereocenters. The summed E-state index contributed by atoms with van der Waals surface area (Å²) < 4.78 is 35.0. The van der Waals surface area contributed by atoms with E-state index < -0.39 is 5.76 Å². The van der Waals surface area contributed by atoms with E-state index in [1.165, 1.54) is 0 Å². The Balaban J connectivity index is 2.03. The Morgan fingerprint density at radius 1 is 1.04 bits per heavy atom. The summed E-state index contributed by atoms with van der Waals surface area (Å²) in [6.45, 7) is 0. The predicted molar refractivity (Wildman–Crippen MR) is 97.7 cm³/mol. The highest BCUT2D eigenvalue weighted by atomic mass is 32.2. The van der Waals surface area contributed by atoms with Gasteiger partial charge in [0.2, 0.25) is 0 Å². The molecule has 0 bridgehead atoms. The van der Waals surface area contributed by atoms with Crippen LogP contribution in [0, 0.1) is 0 Å². The van der Waals surface area contributed by atoms with E-state index in [0.717, 1.165) is 0 Å². The highest BCUT2D eigenvalue weighted by Gasteiger charge is 2.08. The molecule has 0 saturated heterocycles. The number of rotatable bonds is 6. The fourth-order valence-electron chi connectivity index (χ4n) is 1.92. The average molecular weight is 370 g/mol. The van der Waals surface area contributed by atoms with Crippen LogP contribution in [0.4, 0.5) is 20.2 Å². The van der Waals surface area contributed by atoms with E-state index in [0.29, 0.717) is 44.6 Å². The number of thioether (sulfide) groups is 1. The molecule has 2 aromatic carbocycles. The maximum atomic E-state index is 12.3. The van der Waals surface area contributed by atoms with Crippen molar-refractivity contribution < 1.29 is 18.3 Å². The third-order valence-corrected chi connectivity index (χ3v) is 3.92. The lowest BCUT2D eigenvalue weighted by molar-refractivity contribution is 0.252. The topological polar surface area (TPSA) is 42.5 Å². The summed E-state index contributed by atoms with van der Waals surface area (Å²) in [4.78, 5) is 0.490. The van der Waals surface area contributed by atoms with Crippen molar-refractivity contribution in [3.8, 4) is 11.5 Å². The summed E-state index contributed by atoms with van der Waals surface area (Å²) in [6.07, 6.45) is 0. The number of alkyl halides is 2. The minimum absolute atomic E-state index is 0.343. The number of methoxy groups -OCH3 is 2. The summed E-state index contributed by atoms with van der Waals surface area (Å²) in [5, 5.41) is 6.35. The smallest absolute Gasteiger partial charge is 0.288 e. The van der Waals surface area contributed by atoms with Gasteiger partial charge in [-0.05, 0) is 48.6 Å². The lowest BCUT2D eigenvalue weighted by atomic mass is 10.2. The predicted octanol–water partition coefficient (Wildman–Crippen LogP) is 4.83. The first-order chi connectivity index (χ1) is 11.5. The molecule has 0 heterocycles. The summed E-state index contributed by atoms with van der Waals surface area (Å²) in [6, 6.07) is 11.9. The van der Waals surface area contributed by atoms with Gasteiger partial charge in [-0.1, -0.05) is 11.8 Å². The van der Waals surface area contributed by atoms with Crippen LogP contribution in [0.2, 0.25) is 0 Å². The van der Waals surface area contributed by atoms with Crippen LogP contribution in [0.3, 0.4) is 0 Å². The quantitative estimate of drug-likeness (QED) is 0.561. The number of hydrogen-bond donors (Lipinski definition) is 2. The van der Waals surface area contributed by atoms with Gasteiger partial charge in [-0.15, -0.1) is 0 Å². The molecule has 0 atom stereocenters. The second-order valence-corrected chi connectivity index (χ2v) is 6.02. The zero-order valence-electron chi connectivity index (χ0n) is 13.0. The lowest BCUT2D eigenvalue weighted by Gasteiger charge is -2.14. The fourth-order valence-corrected chi connectivity index (χ4v) is 2.64. The summed E-state index contributed by atoms with van der Waals surface area (Å²) in [5.74, 6) is -1.16. The first-order valence-corrected chi connectivity index (χ1v) is 8.15. The standard InChI is InChI=1S/C16H16F2N2O2S2/c1-21-11-5-8-14(22-2)13(9-11)20-16(23)19-10-3-6-12(7-4-10)24-15(17)18/h3-9,15H,1-2H3,(H2,19,20,23). The van der Waals surface area contributed by atoms with Crippen molar-refractivity contribution in [3.63, 3.8) is 0 Å². The molecule has 8 heteroatoms. The van der Waals surface area contributed by atoms with E-state index in [2.05, 4.69) is 10.6 Å². The highest BCUT2D eigenvalue weighted by molar-refractivity contribution is 7.99. The van der Waals surface area contributed by atoms with Gasteiger partial charge in [0.1, 0.15) is 11.5 Å². The van der Waals surface area contributed by atoms with Crippen LogP contribution < -0.4 is 20.1 Å². The van der Waals surface area contributed by atoms with E-state index in [1.54, 1.807) is 56.7 Å². The summed E-state index contributed by atoms with van der Waals surface area (Å²) in [7, 11) is 3.13. The van der Waals surface area contributed by atoms with Crippen LogP contribution in [-0.4, -0.2) is 25.1 Å². The van der Waals surface area contributed by atoms with E-state index in [9.17, 15) is 8.78 Å². The molecule has 0 radical (unpaired) electrons. The van der Waals surface area contributed by atoms with Crippen molar-refractivity contribution in [3.05, 3.63) is 42.5 Å². The first-order valence-electron chi connectivity index (χ1n) is 6.86. The zero-order chi connectivity index (χ0) is 17.5. The summed E-state index contributed by atoms with van der Waals surface area (Å²) >= 11 is 5.76. The number of ether oxygens (including phenoxy) is 2. The van der Waals surface area contributed by atoms with Crippen molar-refractivity contribution in [1.82, 2.24) is 0 Å². The zero-order valence-corrected chi connectivity index (χ0v) is 14.6. The molecule has 2 N–H and O–H groups in total. The van der Waals surface area contributed by atoms with Crippen molar-refractivity contribution in [2.24, 2.45) is 0 Å². The van der Waals surface area contributed by atoms with E-state index >= 15 is 0 Å². The monoisotopic (exact) mass is 370 g/mol. The second kappa shape index (κ2) is 8.70. The Labute approximate surface area is 148 Å². The SMILES string of the molecule is COc1ccc(OC)c(NC(=S)Nc2ccc(SC(F)F)cc2)c1. The van der Waals surface area contributed by atoms with Crippen LogP contribution >= 0.6 is 24.0 Å².